The van der Waals surface area contributed by atoms with Crippen LogP contribution in [0.5, 0.6) is 0 Å². The third-order valence-corrected chi connectivity index (χ3v) is 6.44. The maximum atomic E-state index is 12.6. The number of hydrogen-bond donors (Lipinski definition) is 3. The first-order valence-corrected chi connectivity index (χ1v) is 11.1. The number of aliphatic hydroxyl groups is 1. The van der Waals surface area contributed by atoms with Gasteiger partial charge in [0, 0.05) is 5.69 Å². The molecule has 1 amide bonds. The van der Waals surface area contributed by atoms with Gasteiger partial charge in [-0.3, -0.25) is 4.79 Å². The van der Waals surface area contributed by atoms with Crippen LogP contribution in [0.25, 0.3) is 0 Å². The quantitative estimate of drug-likeness (QED) is 0.610. The molecule has 29 heavy (non-hydrogen) atoms. The molecule has 6 nitrogen and oxygen atoms in total. The molecule has 2 aromatic rings. The van der Waals surface area contributed by atoms with E-state index >= 15 is 0 Å². The highest BCUT2D eigenvalue weighted by molar-refractivity contribution is 7.89. The van der Waals surface area contributed by atoms with Gasteiger partial charge in [-0.05, 0) is 48.2 Å². The van der Waals surface area contributed by atoms with Crippen molar-refractivity contribution in [2.75, 3.05) is 5.32 Å². The van der Waals surface area contributed by atoms with Gasteiger partial charge in [0.05, 0.1) is 21.0 Å². The highest BCUT2D eigenvalue weighted by Gasteiger charge is 2.30. The second kappa shape index (κ2) is 9.02. The van der Waals surface area contributed by atoms with E-state index in [4.69, 9.17) is 23.2 Å². The minimum Gasteiger partial charge on any atom is -0.391 e. The zero-order valence-electron chi connectivity index (χ0n) is 16.5. The van der Waals surface area contributed by atoms with Gasteiger partial charge in [-0.15, -0.1) is 0 Å². The van der Waals surface area contributed by atoms with E-state index in [1.54, 1.807) is 12.1 Å². The summed E-state index contributed by atoms with van der Waals surface area (Å²) >= 11 is 11.7. The van der Waals surface area contributed by atoms with Crippen molar-refractivity contribution in [3.05, 3.63) is 58.1 Å². The van der Waals surface area contributed by atoms with Crippen LogP contribution in [0.1, 0.15) is 33.3 Å². The van der Waals surface area contributed by atoms with E-state index in [1.165, 1.54) is 25.1 Å². The Morgan fingerprint density at radius 3 is 2.10 bits per heavy atom. The molecule has 0 aliphatic rings. The van der Waals surface area contributed by atoms with Crippen molar-refractivity contribution in [1.82, 2.24) is 4.72 Å². The van der Waals surface area contributed by atoms with E-state index in [9.17, 15) is 18.3 Å². The molecule has 3 N–H and O–H groups in total. The van der Waals surface area contributed by atoms with Gasteiger partial charge in [0.15, 0.2) is 0 Å². The Hall–Kier alpha value is -1.64. The van der Waals surface area contributed by atoms with Gasteiger partial charge in [-0.1, -0.05) is 56.1 Å². The number of nitrogens with one attached hydrogen (secondary N) is 2. The van der Waals surface area contributed by atoms with Crippen molar-refractivity contribution >= 4 is 44.8 Å². The number of sulfonamides is 1. The number of carbonyl (C=O) groups excluding carboxylic acids is 1. The van der Waals surface area contributed by atoms with Gasteiger partial charge in [0.25, 0.3) is 0 Å². The predicted octanol–water partition coefficient (Wildman–Crippen LogP) is 3.96. The molecule has 158 valence electrons. The summed E-state index contributed by atoms with van der Waals surface area (Å²) in [4.78, 5) is 12.5. The first-order valence-electron chi connectivity index (χ1n) is 8.88. The lowest BCUT2D eigenvalue weighted by atomic mass is 9.87. The lowest BCUT2D eigenvalue weighted by Crippen LogP contribution is -2.50. The highest BCUT2D eigenvalue weighted by atomic mass is 35.5. The van der Waals surface area contributed by atoms with Gasteiger partial charge in [-0.25, -0.2) is 8.42 Å². The van der Waals surface area contributed by atoms with Crippen molar-refractivity contribution in [3.63, 3.8) is 0 Å². The van der Waals surface area contributed by atoms with Crippen LogP contribution < -0.4 is 10.0 Å². The van der Waals surface area contributed by atoms with Gasteiger partial charge in [0.2, 0.25) is 15.9 Å². The molecule has 0 aliphatic carbocycles. The van der Waals surface area contributed by atoms with Crippen LogP contribution in [-0.2, 0) is 20.2 Å². The molecule has 2 rings (SSSR count). The maximum absolute atomic E-state index is 12.6. The molecule has 0 spiro atoms. The van der Waals surface area contributed by atoms with E-state index in [2.05, 4.69) is 30.8 Å². The summed E-state index contributed by atoms with van der Waals surface area (Å²) in [5.41, 5.74) is 1.53. The fourth-order valence-electron chi connectivity index (χ4n) is 2.52. The van der Waals surface area contributed by atoms with E-state index in [0.29, 0.717) is 5.69 Å². The maximum Gasteiger partial charge on any atom is 0.245 e. The van der Waals surface area contributed by atoms with Crippen molar-refractivity contribution in [2.24, 2.45) is 0 Å². The van der Waals surface area contributed by atoms with E-state index in [-0.39, 0.29) is 20.4 Å². The van der Waals surface area contributed by atoms with Crippen LogP contribution in [0.4, 0.5) is 5.69 Å². The molecule has 0 fully saturated rings. The van der Waals surface area contributed by atoms with Crippen LogP contribution in [0.15, 0.2) is 47.4 Å². The first-order chi connectivity index (χ1) is 13.3. The van der Waals surface area contributed by atoms with Crippen molar-refractivity contribution in [3.8, 4) is 0 Å². The number of rotatable bonds is 6. The van der Waals surface area contributed by atoms with Crippen LogP contribution in [0.3, 0.4) is 0 Å². The lowest BCUT2D eigenvalue weighted by molar-refractivity contribution is -0.119. The van der Waals surface area contributed by atoms with E-state index in [1.807, 2.05) is 12.1 Å². The Labute approximate surface area is 181 Å². The number of hydrogen-bond acceptors (Lipinski definition) is 4. The number of benzene rings is 2. The van der Waals surface area contributed by atoms with Gasteiger partial charge in [0.1, 0.15) is 6.04 Å². The lowest BCUT2D eigenvalue weighted by Gasteiger charge is -2.22. The Kier molecular flexibility index (Phi) is 7.35. The Balaban J connectivity index is 2.20. The zero-order valence-corrected chi connectivity index (χ0v) is 18.9. The second-order valence-corrected chi connectivity index (χ2v) is 10.3. The molecule has 0 radical (unpaired) electrons. The molecule has 0 saturated carbocycles. The normalized spacial score (nSPS) is 14.3. The van der Waals surface area contributed by atoms with Gasteiger partial charge >= 0.3 is 0 Å². The molecule has 9 heteroatoms. The fraction of sp³-hybridized carbons (Fsp3) is 0.350. The van der Waals surface area contributed by atoms with Crippen molar-refractivity contribution in [1.29, 1.82) is 0 Å². The van der Waals surface area contributed by atoms with E-state index < -0.39 is 28.1 Å². The number of halogens is 2. The summed E-state index contributed by atoms with van der Waals surface area (Å²) in [5, 5.41) is 12.9. The smallest absolute Gasteiger partial charge is 0.245 e. The zero-order chi connectivity index (χ0) is 22.0. The molecule has 2 aromatic carbocycles. The molecule has 0 heterocycles. The highest BCUT2D eigenvalue weighted by Crippen LogP contribution is 2.25. The molecule has 0 saturated heterocycles. The third-order valence-electron chi connectivity index (χ3n) is 4.27. The number of carbonyl (C=O) groups is 1. The predicted molar refractivity (Wildman–Crippen MR) is 116 cm³/mol. The van der Waals surface area contributed by atoms with Gasteiger partial charge < -0.3 is 10.4 Å². The molecule has 0 unspecified atom stereocenters. The Morgan fingerprint density at radius 1 is 1.03 bits per heavy atom. The molecule has 0 aromatic heterocycles. The average molecular weight is 459 g/mol. The Bertz CT molecular complexity index is 985. The molecular formula is C20H24Cl2N2O4S. The molecular weight excluding hydrogens is 435 g/mol. The number of amides is 1. The van der Waals surface area contributed by atoms with Crippen LogP contribution in [0, 0.1) is 0 Å². The number of aliphatic hydroxyl groups excluding tert-OH is 1. The standard InChI is InChI=1S/C20H24Cl2N2O4S/c1-12(25)18(24-29(27,28)15-9-10-16(21)17(22)11-15)19(26)23-14-7-5-13(6-8-14)20(2,3)4/h5-12,18,24-25H,1-4H3,(H,23,26)/t12-,18-/m1/s1. The fourth-order valence-corrected chi connectivity index (χ4v) is 4.18. The summed E-state index contributed by atoms with van der Waals surface area (Å²) in [6, 6.07) is 9.59. The molecule has 0 bridgehead atoms. The third kappa shape index (κ3) is 6.17. The minimum atomic E-state index is -4.12. The summed E-state index contributed by atoms with van der Waals surface area (Å²) in [6.07, 6.45) is -1.28. The Morgan fingerprint density at radius 2 is 1.62 bits per heavy atom. The average Bonchev–Trinajstić information content (AvgIpc) is 2.61. The number of anilines is 1. The summed E-state index contributed by atoms with van der Waals surface area (Å²) < 4.78 is 27.5. The SMILES string of the molecule is C[C@@H](O)[C@@H](NS(=O)(=O)c1ccc(Cl)c(Cl)c1)C(=O)Nc1ccc(C(C)(C)C)cc1. The largest absolute Gasteiger partial charge is 0.391 e. The topological polar surface area (TPSA) is 95.5 Å². The first kappa shape index (κ1) is 23.6. The summed E-state index contributed by atoms with van der Waals surface area (Å²) in [5.74, 6) is -0.688. The molecule has 2 atom stereocenters. The van der Waals surface area contributed by atoms with Gasteiger partial charge in [-0.2, -0.15) is 4.72 Å². The summed E-state index contributed by atoms with van der Waals surface area (Å²) in [7, 11) is -4.12. The summed E-state index contributed by atoms with van der Waals surface area (Å²) in [6.45, 7) is 7.54. The second-order valence-electron chi connectivity index (χ2n) is 7.73. The molecule has 0 aliphatic heterocycles. The van der Waals surface area contributed by atoms with Crippen molar-refractivity contribution in [2.45, 2.75) is 50.2 Å². The minimum absolute atomic E-state index is 0.0415. The van der Waals surface area contributed by atoms with Crippen LogP contribution in [-0.4, -0.2) is 31.6 Å². The van der Waals surface area contributed by atoms with Crippen LogP contribution >= 0.6 is 23.2 Å². The van der Waals surface area contributed by atoms with E-state index in [0.717, 1.165) is 5.56 Å². The monoisotopic (exact) mass is 458 g/mol. The van der Waals surface area contributed by atoms with Crippen molar-refractivity contribution < 1.29 is 18.3 Å². The van der Waals surface area contributed by atoms with Crippen LogP contribution in [0.2, 0.25) is 10.0 Å².